The van der Waals surface area contributed by atoms with Gasteiger partial charge in [-0.2, -0.15) is 0 Å². The molecule has 1 rings (SSSR count). The van der Waals surface area contributed by atoms with Crippen LogP contribution in [0.2, 0.25) is 0 Å². The Hall–Kier alpha value is -2.15. The van der Waals surface area contributed by atoms with E-state index in [1.165, 1.54) is 12.1 Å². The lowest BCUT2D eigenvalue weighted by molar-refractivity contribution is -0.384. The summed E-state index contributed by atoms with van der Waals surface area (Å²) in [4.78, 5) is 21.2. The number of nitro benzene ring substituents is 1. The summed E-state index contributed by atoms with van der Waals surface area (Å²) in [6.45, 7) is 1.57. The molecule has 0 aliphatic carbocycles. The van der Waals surface area contributed by atoms with Crippen molar-refractivity contribution in [3.63, 3.8) is 0 Å². The summed E-state index contributed by atoms with van der Waals surface area (Å²) in [7, 11) is 0. The Labute approximate surface area is 103 Å². The summed E-state index contributed by atoms with van der Waals surface area (Å²) in [5, 5.41) is 31.4. The van der Waals surface area contributed by atoms with Crippen LogP contribution in [-0.2, 0) is 4.79 Å². The normalized spacial score (nSPS) is 11.9. The number of hydrogen-bond donors (Lipinski definition) is 3. The minimum Gasteiger partial charge on any atom is -0.506 e. The zero-order valence-corrected chi connectivity index (χ0v) is 9.79. The number of carbonyl (C=O) groups is 1. The molecule has 98 valence electrons. The largest absolute Gasteiger partial charge is 0.506 e. The van der Waals surface area contributed by atoms with Gasteiger partial charge < -0.3 is 15.5 Å². The van der Waals surface area contributed by atoms with E-state index in [2.05, 4.69) is 5.32 Å². The van der Waals surface area contributed by atoms with Gasteiger partial charge >= 0.3 is 0 Å². The average molecular weight is 254 g/mol. The van der Waals surface area contributed by atoms with Crippen molar-refractivity contribution in [1.82, 2.24) is 0 Å². The zero-order chi connectivity index (χ0) is 13.7. The topological polar surface area (TPSA) is 113 Å². The van der Waals surface area contributed by atoms with Crippen LogP contribution in [0.1, 0.15) is 19.8 Å². The van der Waals surface area contributed by atoms with Gasteiger partial charge in [0.05, 0.1) is 22.8 Å². The predicted octanol–water partition coefficient (Wildman–Crippen LogP) is 1.40. The number of benzene rings is 1. The van der Waals surface area contributed by atoms with E-state index in [1.807, 2.05) is 0 Å². The summed E-state index contributed by atoms with van der Waals surface area (Å²) >= 11 is 0. The Kier molecular flexibility index (Phi) is 4.61. The molecule has 1 atom stereocenters. The molecule has 1 unspecified atom stereocenters. The van der Waals surface area contributed by atoms with Gasteiger partial charge in [-0.25, -0.2) is 0 Å². The van der Waals surface area contributed by atoms with E-state index < -0.39 is 11.0 Å². The lowest BCUT2D eigenvalue weighted by Gasteiger charge is -2.07. The first-order chi connectivity index (χ1) is 8.40. The fourth-order valence-corrected chi connectivity index (χ4v) is 1.29. The molecule has 7 nitrogen and oxygen atoms in total. The van der Waals surface area contributed by atoms with Crippen molar-refractivity contribution < 1.29 is 19.9 Å². The molecule has 0 bridgehead atoms. The molecule has 18 heavy (non-hydrogen) atoms. The number of phenolic OH excluding ortho intramolecular Hbond substituents is 1. The first-order valence-electron chi connectivity index (χ1n) is 5.35. The fourth-order valence-electron chi connectivity index (χ4n) is 1.29. The van der Waals surface area contributed by atoms with E-state index in [0.29, 0.717) is 6.42 Å². The first kappa shape index (κ1) is 13.9. The van der Waals surface area contributed by atoms with Crippen molar-refractivity contribution in [1.29, 1.82) is 0 Å². The highest BCUT2D eigenvalue weighted by Gasteiger charge is 2.12. The van der Waals surface area contributed by atoms with Crippen molar-refractivity contribution in [3.05, 3.63) is 28.3 Å². The number of anilines is 1. The molecule has 1 aromatic rings. The molecule has 0 aliphatic rings. The van der Waals surface area contributed by atoms with E-state index >= 15 is 0 Å². The number of hydrogen-bond acceptors (Lipinski definition) is 5. The van der Waals surface area contributed by atoms with Gasteiger partial charge in [0.2, 0.25) is 5.91 Å². The second-order valence-corrected chi connectivity index (χ2v) is 3.89. The second-order valence-electron chi connectivity index (χ2n) is 3.89. The molecule has 7 heteroatoms. The van der Waals surface area contributed by atoms with Crippen LogP contribution in [0.4, 0.5) is 11.4 Å². The molecule has 0 radical (unpaired) electrons. The Bertz CT molecular complexity index is 459. The molecule has 3 N–H and O–H groups in total. The van der Waals surface area contributed by atoms with Gasteiger partial charge in [0.15, 0.2) is 0 Å². The number of carbonyl (C=O) groups excluding carboxylic acids is 1. The molecule has 0 aromatic heterocycles. The first-order valence-corrected chi connectivity index (χ1v) is 5.35. The van der Waals surface area contributed by atoms with Crippen LogP contribution < -0.4 is 5.32 Å². The Balaban J connectivity index is 2.68. The van der Waals surface area contributed by atoms with Crippen molar-refractivity contribution >= 4 is 17.3 Å². The number of aliphatic hydroxyl groups is 1. The third kappa shape index (κ3) is 4.02. The molecule has 1 aromatic carbocycles. The Morgan fingerprint density at radius 2 is 2.22 bits per heavy atom. The van der Waals surface area contributed by atoms with Crippen molar-refractivity contribution in [2.75, 3.05) is 5.32 Å². The van der Waals surface area contributed by atoms with Crippen LogP contribution >= 0.6 is 0 Å². The van der Waals surface area contributed by atoms with Crippen LogP contribution in [0, 0.1) is 10.1 Å². The minimum absolute atomic E-state index is 0.105. The number of aromatic hydroxyl groups is 1. The molecule has 1 amide bonds. The zero-order valence-electron chi connectivity index (χ0n) is 9.79. The van der Waals surface area contributed by atoms with E-state index in [4.69, 9.17) is 5.11 Å². The number of nitro groups is 1. The van der Waals surface area contributed by atoms with Crippen LogP contribution in [-0.4, -0.2) is 27.1 Å². The predicted molar refractivity (Wildman–Crippen MR) is 64.3 cm³/mol. The Morgan fingerprint density at radius 1 is 1.56 bits per heavy atom. The molecule has 0 aliphatic heterocycles. The monoisotopic (exact) mass is 254 g/mol. The molecule has 0 heterocycles. The van der Waals surface area contributed by atoms with E-state index in [1.54, 1.807) is 6.92 Å². The maximum atomic E-state index is 11.4. The maximum Gasteiger partial charge on any atom is 0.273 e. The van der Waals surface area contributed by atoms with Crippen molar-refractivity contribution in [2.45, 2.75) is 25.9 Å². The highest BCUT2D eigenvalue weighted by molar-refractivity contribution is 5.92. The smallest absolute Gasteiger partial charge is 0.273 e. The summed E-state index contributed by atoms with van der Waals surface area (Å²) in [5.74, 6) is -0.741. The minimum atomic E-state index is -0.640. The number of amides is 1. The van der Waals surface area contributed by atoms with Gasteiger partial charge in [-0.15, -0.1) is 0 Å². The number of nitrogens with zero attached hydrogens (tertiary/aromatic N) is 1. The average Bonchev–Trinajstić information content (AvgIpc) is 2.29. The summed E-state index contributed by atoms with van der Waals surface area (Å²) < 4.78 is 0. The lowest BCUT2D eigenvalue weighted by atomic mass is 10.2. The summed E-state index contributed by atoms with van der Waals surface area (Å²) in [6, 6.07) is 3.40. The van der Waals surface area contributed by atoms with Crippen LogP contribution in [0.5, 0.6) is 5.75 Å². The highest BCUT2D eigenvalue weighted by Crippen LogP contribution is 2.27. The van der Waals surface area contributed by atoms with Crippen molar-refractivity contribution in [2.24, 2.45) is 0 Å². The standard InChI is InChI=1S/C11H14N2O5/c1-7(14)2-5-11(16)12-9-4-3-8(13(17)18)6-10(9)15/h3-4,6-7,14-15H,2,5H2,1H3,(H,12,16). The van der Waals surface area contributed by atoms with Crippen LogP contribution in [0.25, 0.3) is 0 Å². The third-order valence-electron chi connectivity index (χ3n) is 2.26. The highest BCUT2D eigenvalue weighted by atomic mass is 16.6. The van der Waals surface area contributed by atoms with E-state index in [-0.39, 0.29) is 29.5 Å². The van der Waals surface area contributed by atoms with Gasteiger partial charge in [-0.05, 0) is 19.4 Å². The SMILES string of the molecule is CC(O)CCC(=O)Nc1ccc([N+](=O)[O-])cc1O. The number of nitrogens with one attached hydrogen (secondary N) is 1. The lowest BCUT2D eigenvalue weighted by Crippen LogP contribution is -2.14. The number of phenols is 1. The Morgan fingerprint density at radius 3 is 2.72 bits per heavy atom. The van der Waals surface area contributed by atoms with Gasteiger partial charge in [0.25, 0.3) is 5.69 Å². The molecule has 0 saturated heterocycles. The van der Waals surface area contributed by atoms with Crippen LogP contribution in [0.3, 0.4) is 0 Å². The molecule has 0 fully saturated rings. The number of non-ortho nitro benzene ring substituents is 1. The molecule has 0 spiro atoms. The summed E-state index contributed by atoms with van der Waals surface area (Å²) in [5.41, 5.74) is -0.148. The number of rotatable bonds is 5. The van der Waals surface area contributed by atoms with Gasteiger partial charge in [-0.1, -0.05) is 0 Å². The summed E-state index contributed by atoms with van der Waals surface area (Å²) in [6.07, 6.45) is -0.172. The van der Waals surface area contributed by atoms with Gasteiger partial charge in [0, 0.05) is 12.5 Å². The van der Waals surface area contributed by atoms with Crippen molar-refractivity contribution in [3.8, 4) is 5.75 Å². The molecular formula is C11H14N2O5. The van der Waals surface area contributed by atoms with E-state index in [9.17, 15) is 20.0 Å². The number of aliphatic hydroxyl groups excluding tert-OH is 1. The van der Waals surface area contributed by atoms with E-state index in [0.717, 1.165) is 6.07 Å². The third-order valence-corrected chi connectivity index (χ3v) is 2.26. The maximum absolute atomic E-state index is 11.4. The quantitative estimate of drug-likeness (QED) is 0.417. The van der Waals surface area contributed by atoms with Gasteiger partial charge in [0.1, 0.15) is 5.75 Å². The van der Waals surface area contributed by atoms with Crippen LogP contribution in [0.15, 0.2) is 18.2 Å². The second kappa shape index (κ2) is 5.97. The molecule has 0 saturated carbocycles. The van der Waals surface area contributed by atoms with Gasteiger partial charge in [-0.3, -0.25) is 14.9 Å². The fraction of sp³-hybridized carbons (Fsp3) is 0.364. The molecular weight excluding hydrogens is 240 g/mol.